The lowest BCUT2D eigenvalue weighted by Crippen LogP contribution is -2.54. The molecular weight excluding hydrogens is 212 g/mol. The zero-order valence-electron chi connectivity index (χ0n) is 7.18. The molecule has 0 bridgehead atoms. The second-order valence-corrected chi connectivity index (χ2v) is 2.75. The van der Waals surface area contributed by atoms with Crippen LogP contribution in [0.1, 0.15) is 12.8 Å². The summed E-state index contributed by atoms with van der Waals surface area (Å²) >= 11 is 0. The van der Waals surface area contributed by atoms with E-state index in [9.17, 15) is 19.2 Å². The monoisotopic (exact) mass is 216 g/mol. The highest BCUT2D eigenvalue weighted by molar-refractivity contribution is 5.95. The third-order valence-electron chi connectivity index (χ3n) is 1.53. The average molecular weight is 216 g/mol. The van der Waals surface area contributed by atoms with Crippen LogP contribution >= 0.6 is 0 Å². The predicted octanol–water partition coefficient (Wildman–Crippen LogP) is -1.42. The Hall–Kier alpha value is -2.12. The van der Waals surface area contributed by atoms with Crippen molar-refractivity contribution in [3.63, 3.8) is 0 Å². The van der Waals surface area contributed by atoms with E-state index in [1.165, 1.54) is 0 Å². The molecule has 2 aliphatic heterocycles. The first-order chi connectivity index (χ1) is 6.99. The third-order valence-corrected chi connectivity index (χ3v) is 1.53. The average Bonchev–Trinajstić information content (AvgIpc) is 1.96. The largest absolute Gasteiger partial charge is 0.619 e. The van der Waals surface area contributed by atoms with E-state index in [1.54, 1.807) is 0 Å². The van der Waals surface area contributed by atoms with Crippen LogP contribution < -0.4 is 0 Å². The number of rotatable bonds is 0. The highest BCUT2D eigenvalue weighted by atomic mass is 17.0. The van der Waals surface area contributed by atoms with Crippen LogP contribution in [-0.2, 0) is 38.1 Å². The summed E-state index contributed by atoms with van der Waals surface area (Å²) in [6.45, 7) is 0. The van der Waals surface area contributed by atoms with Gasteiger partial charge in [-0.3, -0.25) is 19.2 Å². The summed E-state index contributed by atoms with van der Waals surface area (Å²) in [7, 11) is 0. The molecule has 8 nitrogen and oxygen atoms in total. The fourth-order valence-corrected chi connectivity index (χ4v) is 1.06. The van der Waals surface area contributed by atoms with Crippen molar-refractivity contribution >= 4 is 23.9 Å². The van der Waals surface area contributed by atoms with Crippen LogP contribution in [0.4, 0.5) is 0 Å². The summed E-state index contributed by atoms with van der Waals surface area (Å²) in [6, 6.07) is 0. The molecule has 8 heteroatoms. The van der Waals surface area contributed by atoms with Gasteiger partial charge in [-0.2, -0.15) is 0 Å². The Morgan fingerprint density at radius 2 is 0.933 bits per heavy atom. The molecule has 2 heterocycles. The Kier molecular flexibility index (Phi) is 1.85. The topological polar surface area (TPSA) is 105 Å². The van der Waals surface area contributed by atoms with Crippen molar-refractivity contribution in [3.8, 4) is 0 Å². The van der Waals surface area contributed by atoms with E-state index in [-0.39, 0.29) is 0 Å². The van der Waals surface area contributed by atoms with Gasteiger partial charge in [-0.25, -0.2) is 0 Å². The van der Waals surface area contributed by atoms with Gasteiger partial charge in [0, 0.05) is 0 Å². The molecule has 0 atom stereocenters. The van der Waals surface area contributed by atoms with Gasteiger partial charge >= 0.3 is 30.0 Å². The fourth-order valence-electron chi connectivity index (χ4n) is 1.06. The third kappa shape index (κ3) is 1.73. The second kappa shape index (κ2) is 2.94. The molecule has 2 aliphatic rings. The van der Waals surface area contributed by atoms with E-state index in [0.717, 1.165) is 0 Å². The number of ether oxygens (including phenoxy) is 4. The molecule has 0 aliphatic carbocycles. The van der Waals surface area contributed by atoms with Gasteiger partial charge < -0.3 is 18.9 Å². The van der Waals surface area contributed by atoms with E-state index >= 15 is 0 Å². The standard InChI is InChI=1S/C7H4O8/c8-3-1-4(9)13-7(12-3)14-5(10)2-6(11)15-7/h1-2H2. The highest BCUT2D eigenvalue weighted by Crippen LogP contribution is 2.27. The molecule has 2 fully saturated rings. The van der Waals surface area contributed by atoms with Crippen LogP contribution in [0.3, 0.4) is 0 Å². The minimum atomic E-state index is -2.65. The first kappa shape index (κ1) is 9.44. The molecule has 0 N–H and O–H groups in total. The maximum atomic E-state index is 10.9. The van der Waals surface area contributed by atoms with Crippen molar-refractivity contribution in [1.29, 1.82) is 0 Å². The number of hydrogen-bond donors (Lipinski definition) is 0. The summed E-state index contributed by atoms with van der Waals surface area (Å²) < 4.78 is 17.4. The molecule has 0 amide bonds. The number of hydrogen-bond acceptors (Lipinski definition) is 8. The lowest BCUT2D eigenvalue weighted by atomic mass is 10.4. The maximum absolute atomic E-state index is 10.9. The molecule has 2 saturated heterocycles. The summed E-state index contributed by atoms with van der Waals surface area (Å²) in [4.78, 5) is 43.4. The van der Waals surface area contributed by atoms with Gasteiger partial charge in [0.15, 0.2) is 0 Å². The van der Waals surface area contributed by atoms with Crippen molar-refractivity contribution in [3.05, 3.63) is 0 Å². The van der Waals surface area contributed by atoms with Gasteiger partial charge in [0.05, 0.1) is 0 Å². The molecule has 1 spiro atoms. The molecule has 15 heavy (non-hydrogen) atoms. The van der Waals surface area contributed by atoms with E-state index in [4.69, 9.17) is 0 Å². The molecule has 0 radical (unpaired) electrons. The molecular formula is C7H4O8. The van der Waals surface area contributed by atoms with Crippen LogP contribution in [-0.4, -0.2) is 30.0 Å². The Labute approximate surface area is 82.0 Å². The molecule has 2 rings (SSSR count). The molecule has 0 aromatic carbocycles. The molecule has 80 valence electrons. The normalized spacial score (nSPS) is 24.0. The van der Waals surface area contributed by atoms with Crippen molar-refractivity contribution < 1.29 is 38.1 Å². The Balaban J connectivity index is 2.24. The quantitative estimate of drug-likeness (QED) is 0.358. The van der Waals surface area contributed by atoms with E-state index in [2.05, 4.69) is 18.9 Å². The van der Waals surface area contributed by atoms with Gasteiger partial charge in [-0.1, -0.05) is 0 Å². The molecule has 0 unspecified atom stereocenters. The number of carbonyl (C=O) groups is 4. The number of esters is 4. The van der Waals surface area contributed by atoms with Gasteiger partial charge in [0.2, 0.25) is 0 Å². The van der Waals surface area contributed by atoms with E-state index in [1.807, 2.05) is 0 Å². The molecule has 0 saturated carbocycles. The lowest BCUT2D eigenvalue weighted by molar-refractivity contribution is -0.444. The SMILES string of the molecule is O=C1CC(=O)OC2(O1)OC(=O)CC(=O)O2. The van der Waals surface area contributed by atoms with E-state index in [0.29, 0.717) is 0 Å². The zero-order chi connectivity index (χ0) is 11.1. The van der Waals surface area contributed by atoms with Crippen molar-refractivity contribution in [2.75, 3.05) is 0 Å². The van der Waals surface area contributed by atoms with Crippen molar-refractivity contribution in [2.24, 2.45) is 0 Å². The van der Waals surface area contributed by atoms with Crippen LogP contribution in [0.2, 0.25) is 0 Å². The fraction of sp³-hybridized carbons (Fsp3) is 0.429. The van der Waals surface area contributed by atoms with Crippen LogP contribution in [0.15, 0.2) is 0 Å². The zero-order valence-corrected chi connectivity index (χ0v) is 7.18. The van der Waals surface area contributed by atoms with Gasteiger partial charge in [0.1, 0.15) is 12.8 Å². The minimum absolute atomic E-state index is 0.628. The summed E-state index contributed by atoms with van der Waals surface area (Å²) in [6.07, 6.45) is -3.91. The summed E-state index contributed by atoms with van der Waals surface area (Å²) in [5.74, 6) is -4.02. The highest BCUT2D eigenvalue weighted by Gasteiger charge is 2.56. The number of carbonyl (C=O) groups excluding carboxylic acids is 4. The predicted molar refractivity (Wildman–Crippen MR) is 36.3 cm³/mol. The van der Waals surface area contributed by atoms with Gasteiger partial charge in [-0.05, 0) is 0 Å². The molecule has 0 aromatic rings. The first-order valence-corrected chi connectivity index (χ1v) is 3.86. The Morgan fingerprint density at radius 1 is 0.667 bits per heavy atom. The Bertz CT molecular complexity index is 298. The first-order valence-electron chi connectivity index (χ1n) is 3.86. The van der Waals surface area contributed by atoms with Crippen molar-refractivity contribution in [2.45, 2.75) is 19.0 Å². The molecule has 0 aromatic heterocycles. The summed E-state index contributed by atoms with van der Waals surface area (Å²) in [5, 5.41) is 0. The minimum Gasteiger partial charge on any atom is -0.352 e. The van der Waals surface area contributed by atoms with E-state index < -0.39 is 42.9 Å². The maximum Gasteiger partial charge on any atom is 0.619 e. The summed E-state index contributed by atoms with van der Waals surface area (Å²) in [5.41, 5.74) is 0. The van der Waals surface area contributed by atoms with Crippen molar-refractivity contribution in [1.82, 2.24) is 0 Å². The lowest BCUT2D eigenvalue weighted by Gasteiger charge is -2.33. The smallest absolute Gasteiger partial charge is 0.352 e. The van der Waals surface area contributed by atoms with Gasteiger partial charge in [0.25, 0.3) is 0 Å². The van der Waals surface area contributed by atoms with Gasteiger partial charge in [-0.15, -0.1) is 0 Å². The van der Waals surface area contributed by atoms with Crippen LogP contribution in [0.25, 0.3) is 0 Å². The second-order valence-electron chi connectivity index (χ2n) is 2.75. The van der Waals surface area contributed by atoms with Crippen LogP contribution in [0, 0.1) is 0 Å². The Morgan fingerprint density at radius 3 is 1.20 bits per heavy atom. The van der Waals surface area contributed by atoms with Crippen LogP contribution in [0.5, 0.6) is 0 Å².